The van der Waals surface area contributed by atoms with E-state index < -0.39 is 18.3 Å². The van der Waals surface area contributed by atoms with E-state index in [0.717, 1.165) is 38.4 Å². The van der Waals surface area contributed by atoms with Gasteiger partial charge in [-0.05, 0) is 60.8 Å². The molecule has 7 rings (SSSR count). The van der Waals surface area contributed by atoms with Crippen molar-refractivity contribution < 1.29 is 9.31 Å². The lowest BCUT2D eigenvalue weighted by Crippen LogP contribution is -2.41. The van der Waals surface area contributed by atoms with Crippen LogP contribution in [0, 0.1) is 0 Å². The summed E-state index contributed by atoms with van der Waals surface area (Å²) in [7, 11) is -0.422. The Balaban J connectivity index is 1.52. The predicted molar refractivity (Wildman–Crippen MR) is 155 cm³/mol. The summed E-state index contributed by atoms with van der Waals surface area (Å²) in [5.74, 6) is 0. The van der Waals surface area contributed by atoms with Crippen LogP contribution in [0.25, 0.3) is 54.5 Å². The zero-order valence-electron chi connectivity index (χ0n) is 21.6. The topological polar surface area (TPSA) is 31.4 Å². The Morgan fingerprint density at radius 3 is 1.95 bits per heavy atom. The second-order valence-electron chi connectivity index (χ2n) is 11.0. The predicted octanol–water partition coefficient (Wildman–Crippen LogP) is 7.66. The van der Waals surface area contributed by atoms with Crippen molar-refractivity contribution in [3.63, 3.8) is 0 Å². The minimum absolute atomic E-state index is 0.394. The highest BCUT2D eigenvalue weighted by molar-refractivity contribution is 6.65. The quantitative estimate of drug-likeness (QED) is 0.188. The lowest BCUT2D eigenvalue weighted by molar-refractivity contribution is 0.00578. The van der Waals surface area contributed by atoms with Gasteiger partial charge >= 0.3 is 7.12 Å². The van der Waals surface area contributed by atoms with Gasteiger partial charge < -0.3 is 9.31 Å². The monoisotopic (exact) mass is 481 g/mol. The van der Waals surface area contributed by atoms with Gasteiger partial charge in [-0.25, -0.2) is 4.98 Å². The van der Waals surface area contributed by atoms with E-state index in [9.17, 15) is 0 Å². The largest absolute Gasteiger partial charge is 0.495 e. The van der Waals surface area contributed by atoms with Crippen LogP contribution in [-0.2, 0) is 9.31 Å². The molecule has 0 saturated carbocycles. The van der Waals surface area contributed by atoms with Crippen LogP contribution in [-0.4, -0.2) is 23.3 Å². The molecule has 2 heterocycles. The first-order chi connectivity index (χ1) is 17.8. The van der Waals surface area contributed by atoms with Crippen LogP contribution in [0.2, 0.25) is 0 Å². The maximum atomic E-state index is 6.44. The molecule has 6 aromatic rings. The molecule has 0 atom stereocenters. The van der Waals surface area contributed by atoms with E-state index in [1.54, 1.807) is 0 Å². The average Bonchev–Trinajstić information content (AvgIpc) is 3.13. The van der Waals surface area contributed by atoms with E-state index in [2.05, 4.69) is 125 Å². The summed E-state index contributed by atoms with van der Waals surface area (Å²) in [6, 6.07) is 34.4. The molecule has 0 radical (unpaired) electrons. The molecule has 0 bridgehead atoms. The summed E-state index contributed by atoms with van der Waals surface area (Å²) in [6.07, 6.45) is 0. The van der Waals surface area contributed by atoms with Crippen molar-refractivity contribution in [2.24, 2.45) is 0 Å². The molecule has 1 aliphatic rings. The van der Waals surface area contributed by atoms with Crippen LogP contribution in [0.1, 0.15) is 27.7 Å². The van der Waals surface area contributed by atoms with Crippen molar-refractivity contribution in [1.82, 2.24) is 4.98 Å². The molecule has 0 spiro atoms. The van der Waals surface area contributed by atoms with Crippen molar-refractivity contribution in [2.75, 3.05) is 0 Å². The van der Waals surface area contributed by atoms with Crippen LogP contribution in [0.15, 0.2) is 97.1 Å². The molecule has 1 fully saturated rings. The van der Waals surface area contributed by atoms with Gasteiger partial charge in [0.2, 0.25) is 0 Å². The summed E-state index contributed by atoms with van der Waals surface area (Å²) in [5, 5.41) is 8.34. The first kappa shape index (κ1) is 22.5. The molecule has 3 nitrogen and oxygen atoms in total. The van der Waals surface area contributed by atoms with Gasteiger partial charge in [-0.15, -0.1) is 0 Å². The minimum atomic E-state index is -0.422. The van der Waals surface area contributed by atoms with Crippen molar-refractivity contribution >= 4 is 55.8 Å². The molecule has 4 heteroatoms. The third-order valence-electron chi connectivity index (χ3n) is 8.31. The Bertz CT molecular complexity index is 1830. The lowest BCUT2D eigenvalue weighted by atomic mass is 9.75. The Morgan fingerprint density at radius 2 is 1.19 bits per heavy atom. The molecule has 1 saturated heterocycles. The van der Waals surface area contributed by atoms with Gasteiger partial charge in [-0.1, -0.05) is 91.0 Å². The second-order valence-corrected chi connectivity index (χ2v) is 11.0. The van der Waals surface area contributed by atoms with E-state index in [0.29, 0.717) is 0 Å². The smallest absolute Gasteiger partial charge is 0.399 e. The standard InChI is InChI=1S/C33H28BNO2/c1-32(2)33(3,4)37-34(36-32)28-20-19-25(23-13-7-8-14-24(23)28)31-27-18-17-21-11-5-6-12-22(21)30(27)26-15-9-10-16-29(26)35-31/h5-20H,1-4H3. The van der Waals surface area contributed by atoms with Gasteiger partial charge in [0.25, 0.3) is 0 Å². The third kappa shape index (κ3) is 3.33. The molecule has 180 valence electrons. The Morgan fingerprint density at radius 1 is 0.568 bits per heavy atom. The second kappa shape index (κ2) is 7.88. The van der Waals surface area contributed by atoms with E-state index in [1.165, 1.54) is 21.5 Å². The summed E-state index contributed by atoms with van der Waals surface area (Å²) in [5.41, 5.74) is 3.37. The number of para-hydroxylation sites is 1. The summed E-state index contributed by atoms with van der Waals surface area (Å²) >= 11 is 0. The zero-order valence-corrected chi connectivity index (χ0v) is 21.6. The highest BCUT2D eigenvalue weighted by Gasteiger charge is 2.52. The summed E-state index contributed by atoms with van der Waals surface area (Å²) in [4.78, 5) is 5.24. The number of benzene rings is 5. The Labute approximate surface area is 217 Å². The van der Waals surface area contributed by atoms with Gasteiger partial charge in [-0.2, -0.15) is 0 Å². The number of hydrogen-bond acceptors (Lipinski definition) is 3. The number of aromatic nitrogens is 1. The van der Waals surface area contributed by atoms with Gasteiger partial charge in [0, 0.05) is 21.7 Å². The van der Waals surface area contributed by atoms with E-state index in [1.807, 2.05) is 0 Å². The maximum Gasteiger partial charge on any atom is 0.495 e. The highest BCUT2D eigenvalue weighted by Crippen LogP contribution is 2.40. The molecule has 5 aromatic carbocycles. The Kier molecular flexibility index (Phi) is 4.79. The average molecular weight is 481 g/mol. The fourth-order valence-electron chi connectivity index (χ4n) is 5.63. The minimum Gasteiger partial charge on any atom is -0.399 e. The van der Waals surface area contributed by atoms with Gasteiger partial charge in [0.1, 0.15) is 0 Å². The van der Waals surface area contributed by atoms with Crippen LogP contribution < -0.4 is 5.46 Å². The van der Waals surface area contributed by atoms with Gasteiger partial charge in [0.05, 0.1) is 22.4 Å². The molecule has 0 aliphatic carbocycles. The summed E-state index contributed by atoms with van der Waals surface area (Å²) < 4.78 is 12.9. The molecule has 0 N–H and O–H groups in total. The molecular weight excluding hydrogens is 453 g/mol. The van der Waals surface area contributed by atoms with Crippen molar-refractivity contribution in [3.05, 3.63) is 97.1 Å². The lowest BCUT2D eigenvalue weighted by Gasteiger charge is -2.32. The third-order valence-corrected chi connectivity index (χ3v) is 8.31. The van der Waals surface area contributed by atoms with Crippen molar-refractivity contribution in [3.8, 4) is 11.3 Å². The molecule has 0 unspecified atom stereocenters. The number of fused-ring (bicyclic) bond motifs is 6. The van der Waals surface area contributed by atoms with E-state index in [4.69, 9.17) is 14.3 Å². The summed E-state index contributed by atoms with van der Waals surface area (Å²) in [6.45, 7) is 8.38. The molecule has 1 aromatic heterocycles. The molecule has 1 aliphatic heterocycles. The normalized spacial score (nSPS) is 16.8. The highest BCUT2D eigenvalue weighted by atomic mass is 16.7. The number of nitrogens with zero attached hydrogens (tertiary/aromatic N) is 1. The van der Waals surface area contributed by atoms with Crippen molar-refractivity contribution in [2.45, 2.75) is 38.9 Å². The number of pyridine rings is 1. The van der Waals surface area contributed by atoms with Crippen LogP contribution >= 0.6 is 0 Å². The van der Waals surface area contributed by atoms with Crippen LogP contribution in [0.3, 0.4) is 0 Å². The fraction of sp³-hybridized carbons (Fsp3) is 0.182. The maximum absolute atomic E-state index is 6.44. The van der Waals surface area contributed by atoms with Crippen LogP contribution in [0.5, 0.6) is 0 Å². The van der Waals surface area contributed by atoms with Gasteiger partial charge in [-0.3, -0.25) is 0 Å². The fourth-order valence-corrected chi connectivity index (χ4v) is 5.63. The molecule has 0 amide bonds. The molecular formula is C33H28BNO2. The van der Waals surface area contributed by atoms with E-state index >= 15 is 0 Å². The van der Waals surface area contributed by atoms with Crippen molar-refractivity contribution in [1.29, 1.82) is 0 Å². The Hall–Kier alpha value is -3.73. The zero-order chi connectivity index (χ0) is 25.4. The number of rotatable bonds is 2. The first-order valence-corrected chi connectivity index (χ1v) is 12.9. The molecule has 37 heavy (non-hydrogen) atoms. The van der Waals surface area contributed by atoms with E-state index in [-0.39, 0.29) is 0 Å². The first-order valence-electron chi connectivity index (χ1n) is 12.9. The van der Waals surface area contributed by atoms with Crippen LogP contribution in [0.4, 0.5) is 0 Å². The number of hydrogen-bond donors (Lipinski definition) is 0. The van der Waals surface area contributed by atoms with Gasteiger partial charge in [0.15, 0.2) is 0 Å². The SMILES string of the molecule is CC1(C)OB(c2ccc(-c3nc4ccccc4c4c3ccc3ccccc34)c3ccccc23)OC1(C)C.